The number of nitrogens with zero attached hydrogens (tertiary/aromatic N) is 3. The van der Waals surface area contributed by atoms with Crippen molar-refractivity contribution in [3.05, 3.63) is 47.9 Å². The summed E-state index contributed by atoms with van der Waals surface area (Å²) >= 11 is 0. The highest BCUT2D eigenvalue weighted by Gasteiger charge is 2.40. The lowest BCUT2D eigenvalue weighted by atomic mass is 10.2. The Kier molecular flexibility index (Phi) is 4.57. The van der Waals surface area contributed by atoms with Gasteiger partial charge in [0.1, 0.15) is 34.2 Å². The molecule has 0 radical (unpaired) electrons. The van der Waals surface area contributed by atoms with E-state index in [-0.39, 0.29) is 35.2 Å². The van der Waals surface area contributed by atoms with Gasteiger partial charge in [-0.25, -0.2) is 17.8 Å². The lowest BCUT2D eigenvalue weighted by Gasteiger charge is -2.37. The number of aromatic nitrogens is 1. The Morgan fingerprint density at radius 3 is 2.80 bits per heavy atom. The van der Waals surface area contributed by atoms with Gasteiger partial charge in [-0.15, -0.1) is 0 Å². The van der Waals surface area contributed by atoms with Crippen LogP contribution in [0.15, 0.2) is 41.4 Å². The lowest BCUT2D eigenvalue weighted by Crippen LogP contribution is -2.56. The molecule has 3 rings (SSSR count). The Labute approximate surface area is 144 Å². The third-order valence-corrected chi connectivity index (χ3v) is 5.58. The Hall–Kier alpha value is -2.70. The largest absolute Gasteiger partial charge is 0.495 e. The molecule has 9 heteroatoms. The smallest absolute Gasteiger partial charge is 0.247 e. The van der Waals surface area contributed by atoms with E-state index in [2.05, 4.69) is 4.98 Å². The van der Waals surface area contributed by atoms with E-state index in [1.54, 1.807) is 12.1 Å². The summed E-state index contributed by atoms with van der Waals surface area (Å²) in [5.74, 6) is -0.433. The number of nitriles is 1. The molecule has 1 aromatic heterocycles. The molecule has 0 amide bonds. The second-order valence-electron chi connectivity index (χ2n) is 5.32. The van der Waals surface area contributed by atoms with Crippen molar-refractivity contribution in [1.82, 2.24) is 9.29 Å². The topological polar surface area (TPSA) is 92.5 Å². The maximum Gasteiger partial charge on any atom is 0.247 e. The average Bonchev–Trinajstić information content (AvgIpc) is 2.57. The summed E-state index contributed by atoms with van der Waals surface area (Å²) < 4.78 is 50.4. The maximum absolute atomic E-state index is 13.4. The molecule has 1 aliphatic rings. The zero-order valence-electron chi connectivity index (χ0n) is 13.2. The molecule has 130 valence electrons. The molecule has 0 aliphatic carbocycles. The van der Waals surface area contributed by atoms with E-state index in [9.17, 15) is 12.8 Å². The molecule has 1 aliphatic heterocycles. The molecule has 1 saturated heterocycles. The molecule has 0 saturated carbocycles. The minimum atomic E-state index is -3.91. The van der Waals surface area contributed by atoms with Crippen molar-refractivity contribution in [3.63, 3.8) is 0 Å². The van der Waals surface area contributed by atoms with Gasteiger partial charge in [0.2, 0.25) is 15.9 Å². The Bertz CT molecular complexity index is 937. The van der Waals surface area contributed by atoms with Crippen LogP contribution in [0.5, 0.6) is 11.6 Å². The van der Waals surface area contributed by atoms with Crippen molar-refractivity contribution in [3.8, 4) is 17.7 Å². The van der Waals surface area contributed by atoms with Gasteiger partial charge in [0.15, 0.2) is 0 Å². The fourth-order valence-corrected chi connectivity index (χ4v) is 4.06. The fraction of sp³-hybridized carbons (Fsp3) is 0.250. The minimum Gasteiger partial charge on any atom is -0.495 e. The third-order valence-electron chi connectivity index (χ3n) is 3.73. The first kappa shape index (κ1) is 17.1. The van der Waals surface area contributed by atoms with Crippen LogP contribution in [0, 0.1) is 17.1 Å². The van der Waals surface area contributed by atoms with E-state index in [1.165, 1.54) is 19.4 Å². The van der Waals surface area contributed by atoms with Gasteiger partial charge in [-0.1, -0.05) is 0 Å². The second-order valence-corrected chi connectivity index (χ2v) is 7.23. The Morgan fingerprint density at radius 1 is 1.36 bits per heavy atom. The van der Waals surface area contributed by atoms with Crippen LogP contribution in [-0.2, 0) is 10.0 Å². The van der Waals surface area contributed by atoms with E-state index < -0.39 is 21.9 Å². The maximum atomic E-state index is 13.4. The van der Waals surface area contributed by atoms with E-state index in [4.69, 9.17) is 14.7 Å². The molecule has 0 atom stereocenters. The molecule has 1 fully saturated rings. The van der Waals surface area contributed by atoms with Crippen molar-refractivity contribution < 1.29 is 22.3 Å². The van der Waals surface area contributed by atoms with Crippen LogP contribution in [0.3, 0.4) is 0 Å². The first-order valence-corrected chi connectivity index (χ1v) is 8.75. The summed E-state index contributed by atoms with van der Waals surface area (Å²) in [5, 5.41) is 9.01. The predicted molar refractivity (Wildman–Crippen MR) is 85.1 cm³/mol. The van der Waals surface area contributed by atoms with Gasteiger partial charge >= 0.3 is 0 Å². The number of rotatable bonds is 5. The molecule has 0 unspecified atom stereocenters. The summed E-state index contributed by atoms with van der Waals surface area (Å²) in [6.45, 7) is 0.146. The zero-order chi connectivity index (χ0) is 18.0. The van der Waals surface area contributed by atoms with Crippen LogP contribution in [-0.4, -0.2) is 44.0 Å². The van der Waals surface area contributed by atoms with Crippen LogP contribution in [0.2, 0.25) is 0 Å². The fourth-order valence-electron chi connectivity index (χ4n) is 2.39. The summed E-state index contributed by atoms with van der Waals surface area (Å²) in [4.78, 5) is 3.74. The average molecular weight is 363 g/mol. The van der Waals surface area contributed by atoms with E-state index in [0.29, 0.717) is 0 Å². The summed E-state index contributed by atoms with van der Waals surface area (Å²) in [6, 6.07) is 8.45. The number of hydrogen-bond acceptors (Lipinski definition) is 6. The minimum absolute atomic E-state index is 0.0715. The van der Waals surface area contributed by atoms with Gasteiger partial charge in [0.05, 0.1) is 20.2 Å². The van der Waals surface area contributed by atoms with Crippen molar-refractivity contribution in [2.24, 2.45) is 0 Å². The molecular formula is C16H14FN3O4S. The van der Waals surface area contributed by atoms with Crippen LogP contribution >= 0.6 is 0 Å². The first-order chi connectivity index (χ1) is 12.0. The molecule has 0 spiro atoms. The molecule has 2 heterocycles. The summed E-state index contributed by atoms with van der Waals surface area (Å²) in [7, 11) is -2.59. The number of ether oxygens (including phenoxy) is 2. The highest BCUT2D eigenvalue weighted by atomic mass is 32.2. The van der Waals surface area contributed by atoms with E-state index in [1.807, 2.05) is 6.07 Å². The van der Waals surface area contributed by atoms with E-state index in [0.717, 1.165) is 16.4 Å². The van der Waals surface area contributed by atoms with Crippen LogP contribution < -0.4 is 9.47 Å². The molecule has 0 N–H and O–H groups in total. The zero-order valence-corrected chi connectivity index (χ0v) is 14.0. The molecule has 0 bridgehead atoms. The van der Waals surface area contributed by atoms with Gasteiger partial charge in [-0.3, -0.25) is 0 Å². The molecule has 25 heavy (non-hydrogen) atoms. The second kappa shape index (κ2) is 6.66. The molecule has 7 nitrogen and oxygen atoms in total. The summed E-state index contributed by atoms with van der Waals surface area (Å²) in [5.41, 5.74) is 0.274. The van der Waals surface area contributed by atoms with E-state index >= 15 is 0 Å². The monoisotopic (exact) mass is 363 g/mol. The van der Waals surface area contributed by atoms with Crippen molar-refractivity contribution in [2.75, 3.05) is 20.2 Å². The Morgan fingerprint density at radius 2 is 2.12 bits per heavy atom. The number of hydrogen-bond donors (Lipinski definition) is 0. The molecule has 1 aromatic carbocycles. The van der Waals surface area contributed by atoms with Gasteiger partial charge < -0.3 is 9.47 Å². The third kappa shape index (κ3) is 3.26. The molecular weight excluding hydrogens is 349 g/mol. The van der Waals surface area contributed by atoms with Gasteiger partial charge in [-0.2, -0.15) is 9.57 Å². The van der Waals surface area contributed by atoms with Crippen LogP contribution in [0.1, 0.15) is 5.56 Å². The van der Waals surface area contributed by atoms with Crippen molar-refractivity contribution in [2.45, 2.75) is 11.0 Å². The number of halogens is 1. The number of pyridine rings is 1. The normalized spacial score (nSPS) is 15.2. The molecule has 2 aromatic rings. The Balaban J connectivity index is 1.74. The van der Waals surface area contributed by atoms with Gasteiger partial charge in [0, 0.05) is 6.20 Å². The van der Waals surface area contributed by atoms with Crippen molar-refractivity contribution in [1.29, 1.82) is 5.26 Å². The van der Waals surface area contributed by atoms with Crippen LogP contribution in [0.25, 0.3) is 0 Å². The lowest BCUT2D eigenvalue weighted by molar-refractivity contribution is 0.0717. The predicted octanol–water partition coefficient (Wildman–Crippen LogP) is 1.55. The first-order valence-electron chi connectivity index (χ1n) is 7.31. The number of methoxy groups -OCH3 is 1. The summed E-state index contributed by atoms with van der Waals surface area (Å²) in [6.07, 6.45) is 1.05. The standard InChI is InChI=1S/C16H14FN3O4S/c1-23-14-5-4-12(17)7-15(14)25(21,22)20-9-13(10-20)24-16-11(8-18)3-2-6-19-16/h2-7,13H,9-10H2,1H3. The van der Waals surface area contributed by atoms with Crippen LogP contribution in [0.4, 0.5) is 4.39 Å². The van der Waals surface area contributed by atoms with Gasteiger partial charge in [-0.05, 0) is 30.3 Å². The van der Waals surface area contributed by atoms with Crippen molar-refractivity contribution >= 4 is 10.0 Å². The number of sulfonamides is 1. The van der Waals surface area contributed by atoms with Gasteiger partial charge in [0.25, 0.3) is 0 Å². The SMILES string of the molecule is COc1ccc(F)cc1S(=O)(=O)N1CC(Oc2ncccc2C#N)C1. The quantitative estimate of drug-likeness (QED) is 0.800. The highest BCUT2D eigenvalue weighted by Crippen LogP contribution is 2.31. The number of benzene rings is 1. The highest BCUT2D eigenvalue weighted by molar-refractivity contribution is 7.89.